The number of benzene rings is 1. The van der Waals surface area contributed by atoms with Crippen molar-refractivity contribution in [3.63, 3.8) is 0 Å². The molecule has 0 unspecified atom stereocenters. The number of H-pyrrole nitrogens is 1. The van der Waals surface area contributed by atoms with Crippen molar-refractivity contribution in [2.24, 2.45) is 0 Å². The zero-order chi connectivity index (χ0) is 15.7. The summed E-state index contributed by atoms with van der Waals surface area (Å²) in [6.45, 7) is 0. The summed E-state index contributed by atoms with van der Waals surface area (Å²) >= 11 is 0. The summed E-state index contributed by atoms with van der Waals surface area (Å²) in [4.78, 5) is 33.5. The first-order chi connectivity index (χ1) is 10.5. The molecule has 1 aromatic carbocycles. The summed E-state index contributed by atoms with van der Waals surface area (Å²) in [7, 11) is -4.33. The van der Waals surface area contributed by atoms with E-state index in [1.54, 1.807) is 6.07 Å². The molecule has 22 heavy (non-hydrogen) atoms. The van der Waals surface area contributed by atoms with E-state index in [4.69, 9.17) is 0 Å². The molecule has 0 atom stereocenters. The van der Waals surface area contributed by atoms with E-state index >= 15 is 0 Å². The maximum absolute atomic E-state index is 12.1. The van der Waals surface area contributed by atoms with E-state index in [0.717, 1.165) is 0 Å². The van der Waals surface area contributed by atoms with E-state index in [1.807, 2.05) is 0 Å². The van der Waals surface area contributed by atoms with Gasteiger partial charge < -0.3 is 0 Å². The van der Waals surface area contributed by atoms with Gasteiger partial charge in [-0.1, -0.05) is 22.9 Å². The summed E-state index contributed by atoms with van der Waals surface area (Å²) in [6, 6.07) is 7.12. The Kier molecular flexibility index (Phi) is 3.22. The van der Waals surface area contributed by atoms with Gasteiger partial charge in [-0.3, -0.25) is 14.1 Å². The van der Waals surface area contributed by atoms with Crippen LogP contribution in [0.15, 0.2) is 57.2 Å². The first-order valence-corrected chi connectivity index (χ1v) is 7.36. The lowest BCUT2D eigenvalue weighted by atomic mass is 10.4. The van der Waals surface area contributed by atoms with Crippen LogP contribution in [0.2, 0.25) is 0 Å². The zero-order valence-corrected chi connectivity index (χ0v) is 11.6. The predicted octanol–water partition coefficient (Wildman–Crippen LogP) is -0.703. The number of fused-ring (bicyclic) bond motifs is 1. The number of hydrogen-bond donors (Lipinski definition) is 1. The molecule has 0 bridgehead atoms. The van der Waals surface area contributed by atoms with Crippen molar-refractivity contribution in [3.05, 3.63) is 63.6 Å². The number of hydrogen-bond acceptors (Lipinski definition) is 7. The third-order valence-corrected chi connectivity index (χ3v) is 3.89. The van der Waals surface area contributed by atoms with E-state index in [2.05, 4.69) is 19.2 Å². The first kappa shape index (κ1) is 13.9. The SMILES string of the molecule is O=c1[nH]c2nccnc2c(=O)n1OS(=O)(=O)c1ccccc1. The van der Waals surface area contributed by atoms with Crippen LogP contribution in [-0.2, 0) is 10.1 Å². The minimum Gasteiger partial charge on any atom is -0.287 e. The van der Waals surface area contributed by atoms with Crippen LogP contribution in [0.5, 0.6) is 0 Å². The fraction of sp³-hybridized carbons (Fsp3) is 0. The number of rotatable bonds is 3. The summed E-state index contributed by atoms with van der Waals surface area (Å²) in [6.07, 6.45) is 2.52. The van der Waals surface area contributed by atoms with Crippen LogP contribution in [0, 0.1) is 0 Å². The van der Waals surface area contributed by atoms with Gasteiger partial charge in [0.1, 0.15) is 4.90 Å². The van der Waals surface area contributed by atoms with Crippen molar-refractivity contribution in [3.8, 4) is 0 Å². The normalized spacial score (nSPS) is 11.5. The lowest BCUT2D eigenvalue weighted by molar-refractivity contribution is 0.253. The second kappa shape index (κ2) is 5.07. The Morgan fingerprint density at radius 1 is 1.05 bits per heavy atom. The molecule has 0 aliphatic heterocycles. The first-order valence-electron chi connectivity index (χ1n) is 5.95. The predicted molar refractivity (Wildman–Crippen MR) is 74.6 cm³/mol. The number of nitrogens with zero attached hydrogens (tertiary/aromatic N) is 3. The van der Waals surface area contributed by atoms with E-state index < -0.39 is 21.4 Å². The molecule has 112 valence electrons. The third kappa shape index (κ3) is 2.35. The minimum absolute atomic E-state index is 0.0607. The number of aromatic nitrogens is 4. The van der Waals surface area contributed by atoms with Gasteiger partial charge in [-0.2, -0.15) is 8.42 Å². The molecule has 2 aromatic heterocycles. The van der Waals surface area contributed by atoms with Gasteiger partial charge in [0.25, 0.3) is 0 Å². The highest BCUT2D eigenvalue weighted by Gasteiger charge is 2.20. The van der Waals surface area contributed by atoms with E-state index in [9.17, 15) is 18.0 Å². The van der Waals surface area contributed by atoms with Crippen molar-refractivity contribution in [2.75, 3.05) is 0 Å². The van der Waals surface area contributed by atoms with Crippen molar-refractivity contribution in [2.45, 2.75) is 4.90 Å². The summed E-state index contributed by atoms with van der Waals surface area (Å²) in [5, 5.41) is 0. The smallest absolute Gasteiger partial charge is 0.287 e. The van der Waals surface area contributed by atoms with Gasteiger partial charge in [0, 0.05) is 12.4 Å². The molecule has 0 fully saturated rings. The fourth-order valence-corrected chi connectivity index (χ4v) is 2.63. The number of nitrogens with one attached hydrogen (secondary N) is 1. The minimum atomic E-state index is -4.33. The van der Waals surface area contributed by atoms with Crippen molar-refractivity contribution in [1.82, 2.24) is 19.7 Å². The molecule has 9 nitrogen and oxygen atoms in total. The van der Waals surface area contributed by atoms with Crippen LogP contribution < -0.4 is 15.5 Å². The standard InChI is InChI=1S/C12H8N4O5S/c17-11-9-10(14-7-6-13-9)15-12(18)16(11)21-22(19,20)8-4-2-1-3-5-8/h1-7H,(H,14,15,18). The summed E-state index contributed by atoms with van der Waals surface area (Å²) in [5.74, 6) is 0. The van der Waals surface area contributed by atoms with Crippen molar-refractivity contribution in [1.29, 1.82) is 0 Å². The lowest BCUT2D eigenvalue weighted by Gasteiger charge is -2.07. The monoisotopic (exact) mass is 320 g/mol. The van der Waals surface area contributed by atoms with Gasteiger partial charge >= 0.3 is 21.4 Å². The van der Waals surface area contributed by atoms with Crippen LogP contribution in [0.25, 0.3) is 11.2 Å². The van der Waals surface area contributed by atoms with Crippen molar-refractivity contribution < 1.29 is 12.7 Å². The molecule has 0 aliphatic carbocycles. The molecular formula is C12H8N4O5S. The molecular weight excluding hydrogens is 312 g/mol. The molecule has 0 spiro atoms. The Bertz CT molecular complexity index is 1060. The molecule has 0 saturated carbocycles. The molecule has 0 radical (unpaired) electrons. The Labute approximate surface area is 122 Å². The van der Waals surface area contributed by atoms with E-state index in [1.165, 1.54) is 36.7 Å². The highest BCUT2D eigenvalue weighted by molar-refractivity contribution is 7.87. The molecule has 0 aliphatic rings. The van der Waals surface area contributed by atoms with Crippen LogP contribution >= 0.6 is 0 Å². The maximum atomic E-state index is 12.1. The van der Waals surface area contributed by atoms with Crippen LogP contribution in [-0.4, -0.2) is 28.1 Å². The van der Waals surface area contributed by atoms with Gasteiger partial charge in [-0.05, 0) is 12.1 Å². The average Bonchev–Trinajstić information content (AvgIpc) is 2.52. The van der Waals surface area contributed by atoms with Crippen molar-refractivity contribution >= 4 is 21.3 Å². The molecule has 3 aromatic rings. The Balaban J connectivity index is 2.16. The molecule has 10 heteroatoms. The Hall–Kier alpha value is -3.01. The largest absolute Gasteiger partial charge is 0.365 e. The Morgan fingerprint density at radius 3 is 2.45 bits per heavy atom. The van der Waals surface area contributed by atoms with E-state index in [-0.39, 0.29) is 20.8 Å². The van der Waals surface area contributed by atoms with Gasteiger partial charge in [-0.25, -0.2) is 14.8 Å². The van der Waals surface area contributed by atoms with Crippen LogP contribution in [0.4, 0.5) is 0 Å². The van der Waals surface area contributed by atoms with E-state index in [0.29, 0.717) is 0 Å². The van der Waals surface area contributed by atoms with Gasteiger partial charge in [0.05, 0.1) is 0 Å². The number of aromatic amines is 1. The van der Waals surface area contributed by atoms with Gasteiger partial charge in [0.15, 0.2) is 11.2 Å². The van der Waals surface area contributed by atoms with Gasteiger partial charge in [0.2, 0.25) is 0 Å². The van der Waals surface area contributed by atoms with Crippen LogP contribution in [0.3, 0.4) is 0 Å². The maximum Gasteiger partial charge on any atom is 0.365 e. The Morgan fingerprint density at radius 2 is 1.73 bits per heavy atom. The molecule has 3 rings (SSSR count). The second-order valence-corrected chi connectivity index (χ2v) is 5.65. The second-order valence-electron chi connectivity index (χ2n) is 4.12. The summed E-state index contributed by atoms with van der Waals surface area (Å²) < 4.78 is 28.9. The molecule has 1 N–H and O–H groups in total. The third-order valence-electron chi connectivity index (χ3n) is 2.70. The average molecular weight is 320 g/mol. The topological polar surface area (TPSA) is 124 Å². The lowest BCUT2D eigenvalue weighted by Crippen LogP contribution is -2.42. The van der Waals surface area contributed by atoms with Crippen LogP contribution in [0.1, 0.15) is 0 Å². The van der Waals surface area contributed by atoms with Gasteiger partial charge in [-0.15, -0.1) is 0 Å². The molecule has 2 heterocycles. The zero-order valence-electron chi connectivity index (χ0n) is 10.8. The fourth-order valence-electron chi connectivity index (χ4n) is 1.72. The highest BCUT2D eigenvalue weighted by atomic mass is 32.2. The molecule has 0 saturated heterocycles. The highest BCUT2D eigenvalue weighted by Crippen LogP contribution is 2.08. The summed E-state index contributed by atoms with van der Waals surface area (Å²) in [5.41, 5.74) is -2.37. The quantitative estimate of drug-likeness (QED) is 0.676. The molecule has 0 amide bonds.